The van der Waals surface area contributed by atoms with Gasteiger partial charge in [-0.15, -0.1) is 0 Å². The first-order chi connectivity index (χ1) is 20.2. The van der Waals surface area contributed by atoms with E-state index in [2.05, 4.69) is 18.3 Å². The quantitative estimate of drug-likeness (QED) is 0.141. The van der Waals surface area contributed by atoms with E-state index in [-0.39, 0.29) is 17.2 Å². The Balaban J connectivity index is 1.42. The molecule has 1 amide bonds. The SMILES string of the molecule is COc1cc(/C=C(\C#N)C(=O)Nc2ccc(OCc3ccc(Cl)cc3Cl)cc2)cc(Cl)c1OCc1ccc(C)c(C)c1. The number of anilines is 1. The summed E-state index contributed by atoms with van der Waals surface area (Å²) >= 11 is 18.7. The van der Waals surface area contributed by atoms with E-state index in [0.29, 0.717) is 45.2 Å². The molecule has 0 unspecified atom stereocenters. The molecule has 0 heterocycles. The third-order valence-corrected chi connectivity index (χ3v) is 7.27. The fourth-order valence-corrected chi connectivity index (χ4v) is 4.70. The third kappa shape index (κ3) is 7.98. The van der Waals surface area contributed by atoms with Crippen molar-refractivity contribution in [2.45, 2.75) is 27.1 Å². The van der Waals surface area contributed by atoms with E-state index in [1.54, 1.807) is 54.6 Å². The number of aryl methyl sites for hydroxylation is 2. The Kier molecular flexibility index (Phi) is 10.4. The number of nitrogens with one attached hydrogen (secondary N) is 1. The fraction of sp³-hybridized carbons (Fsp3) is 0.152. The van der Waals surface area contributed by atoms with Gasteiger partial charge in [0, 0.05) is 21.3 Å². The van der Waals surface area contributed by atoms with Gasteiger partial charge in [0.2, 0.25) is 0 Å². The van der Waals surface area contributed by atoms with Gasteiger partial charge in [-0.25, -0.2) is 0 Å². The standard InChI is InChI=1S/C33H27Cl3N2O4/c1-20-4-5-22(12-21(20)2)18-42-32-30(36)14-23(15-31(32)40-3)13-25(17-37)33(39)38-27-8-10-28(11-9-27)41-19-24-6-7-26(34)16-29(24)35/h4-16H,18-19H2,1-3H3,(H,38,39)/b25-13+. The summed E-state index contributed by atoms with van der Waals surface area (Å²) in [6.07, 6.45) is 1.43. The van der Waals surface area contributed by atoms with Crippen molar-refractivity contribution in [3.05, 3.63) is 121 Å². The molecule has 4 aromatic carbocycles. The van der Waals surface area contributed by atoms with E-state index in [1.807, 2.05) is 25.1 Å². The second kappa shape index (κ2) is 14.2. The Morgan fingerprint density at radius 1 is 0.881 bits per heavy atom. The molecule has 0 saturated carbocycles. The molecule has 0 bridgehead atoms. The van der Waals surface area contributed by atoms with Gasteiger partial charge in [0.15, 0.2) is 11.5 Å². The van der Waals surface area contributed by atoms with Crippen LogP contribution in [0.4, 0.5) is 5.69 Å². The van der Waals surface area contributed by atoms with Crippen molar-refractivity contribution in [1.29, 1.82) is 5.26 Å². The number of ether oxygens (including phenoxy) is 3. The zero-order valence-corrected chi connectivity index (χ0v) is 25.4. The van der Waals surface area contributed by atoms with Gasteiger partial charge in [-0.1, -0.05) is 59.1 Å². The van der Waals surface area contributed by atoms with Crippen LogP contribution >= 0.6 is 34.8 Å². The Morgan fingerprint density at radius 2 is 1.64 bits per heavy atom. The topological polar surface area (TPSA) is 80.6 Å². The van der Waals surface area contributed by atoms with Crippen LogP contribution in [0.15, 0.2) is 78.4 Å². The van der Waals surface area contributed by atoms with Crippen molar-refractivity contribution in [2.75, 3.05) is 12.4 Å². The zero-order chi connectivity index (χ0) is 30.2. The summed E-state index contributed by atoms with van der Waals surface area (Å²) in [5.41, 5.74) is 5.03. The molecular weight excluding hydrogens is 595 g/mol. The molecule has 0 aliphatic rings. The number of carbonyl (C=O) groups excluding carboxylic acids is 1. The summed E-state index contributed by atoms with van der Waals surface area (Å²) in [7, 11) is 1.50. The predicted molar refractivity (Wildman–Crippen MR) is 168 cm³/mol. The van der Waals surface area contributed by atoms with Gasteiger partial charge in [0.05, 0.1) is 12.1 Å². The van der Waals surface area contributed by atoms with E-state index in [9.17, 15) is 10.1 Å². The average Bonchev–Trinajstić information content (AvgIpc) is 2.97. The third-order valence-electron chi connectivity index (χ3n) is 6.40. The van der Waals surface area contributed by atoms with E-state index in [1.165, 1.54) is 24.3 Å². The number of amides is 1. The van der Waals surface area contributed by atoms with Crippen LogP contribution in [-0.2, 0) is 18.0 Å². The minimum absolute atomic E-state index is 0.116. The first-order valence-corrected chi connectivity index (χ1v) is 14.0. The van der Waals surface area contributed by atoms with E-state index in [4.69, 9.17) is 49.0 Å². The summed E-state index contributed by atoms with van der Waals surface area (Å²) in [6, 6.07) is 23.3. The molecule has 4 aromatic rings. The van der Waals surface area contributed by atoms with E-state index < -0.39 is 5.91 Å². The van der Waals surface area contributed by atoms with Gasteiger partial charge in [0.25, 0.3) is 5.91 Å². The lowest BCUT2D eigenvalue weighted by Gasteiger charge is -2.14. The van der Waals surface area contributed by atoms with Gasteiger partial charge in [0.1, 0.15) is 30.6 Å². The highest BCUT2D eigenvalue weighted by atomic mass is 35.5. The van der Waals surface area contributed by atoms with Crippen molar-refractivity contribution in [3.63, 3.8) is 0 Å². The van der Waals surface area contributed by atoms with Gasteiger partial charge >= 0.3 is 0 Å². The highest BCUT2D eigenvalue weighted by Crippen LogP contribution is 2.37. The normalized spacial score (nSPS) is 11.0. The Bertz CT molecular complexity index is 1680. The second-order valence-corrected chi connectivity index (χ2v) is 10.7. The number of nitrogens with zero attached hydrogens (tertiary/aromatic N) is 1. The predicted octanol–water partition coefficient (Wildman–Crippen LogP) is 8.98. The lowest BCUT2D eigenvalue weighted by Crippen LogP contribution is -2.13. The maximum Gasteiger partial charge on any atom is 0.266 e. The smallest absolute Gasteiger partial charge is 0.266 e. The van der Waals surface area contributed by atoms with Crippen LogP contribution in [0.2, 0.25) is 15.1 Å². The van der Waals surface area contributed by atoms with Crippen LogP contribution < -0.4 is 19.5 Å². The van der Waals surface area contributed by atoms with Crippen LogP contribution in [0.1, 0.15) is 27.8 Å². The maximum absolute atomic E-state index is 12.9. The minimum atomic E-state index is -0.579. The largest absolute Gasteiger partial charge is 0.493 e. The van der Waals surface area contributed by atoms with E-state index in [0.717, 1.165) is 11.1 Å². The Hall–Kier alpha value is -4.15. The molecule has 214 valence electrons. The first kappa shape index (κ1) is 30.8. The van der Waals surface area contributed by atoms with Crippen molar-refractivity contribution in [3.8, 4) is 23.3 Å². The molecule has 0 spiro atoms. The van der Waals surface area contributed by atoms with Crippen molar-refractivity contribution in [1.82, 2.24) is 0 Å². The molecule has 42 heavy (non-hydrogen) atoms. The van der Waals surface area contributed by atoms with Gasteiger partial charge < -0.3 is 19.5 Å². The molecule has 0 aliphatic heterocycles. The summed E-state index contributed by atoms with van der Waals surface area (Å²) in [5, 5.41) is 13.8. The first-order valence-electron chi connectivity index (χ1n) is 12.8. The Morgan fingerprint density at radius 3 is 2.31 bits per heavy atom. The van der Waals surface area contributed by atoms with Gasteiger partial charge in [-0.3, -0.25) is 4.79 Å². The number of hydrogen-bond acceptors (Lipinski definition) is 5. The summed E-state index contributed by atoms with van der Waals surface area (Å²) < 4.78 is 17.2. The molecule has 4 rings (SSSR count). The van der Waals surface area contributed by atoms with Crippen molar-refractivity contribution >= 4 is 52.5 Å². The lowest BCUT2D eigenvalue weighted by molar-refractivity contribution is -0.112. The minimum Gasteiger partial charge on any atom is -0.493 e. The molecule has 1 N–H and O–H groups in total. The maximum atomic E-state index is 12.9. The Labute approximate surface area is 260 Å². The molecular formula is C33H27Cl3N2O4. The lowest BCUT2D eigenvalue weighted by atomic mass is 10.1. The highest BCUT2D eigenvalue weighted by Gasteiger charge is 2.15. The van der Waals surface area contributed by atoms with Gasteiger partial charge in [-0.05, 0) is 90.7 Å². The number of benzene rings is 4. The molecule has 9 heteroatoms. The molecule has 0 radical (unpaired) electrons. The van der Waals surface area contributed by atoms with Crippen LogP contribution in [0.3, 0.4) is 0 Å². The van der Waals surface area contributed by atoms with Gasteiger partial charge in [-0.2, -0.15) is 5.26 Å². The summed E-state index contributed by atoms with van der Waals surface area (Å²) in [4.78, 5) is 12.9. The van der Waals surface area contributed by atoms with Crippen LogP contribution in [-0.4, -0.2) is 13.0 Å². The van der Waals surface area contributed by atoms with Crippen LogP contribution in [0.5, 0.6) is 17.2 Å². The molecule has 6 nitrogen and oxygen atoms in total. The monoisotopic (exact) mass is 620 g/mol. The molecule has 0 fully saturated rings. The summed E-state index contributed by atoms with van der Waals surface area (Å²) in [5.74, 6) is 0.754. The van der Waals surface area contributed by atoms with Crippen molar-refractivity contribution in [2.24, 2.45) is 0 Å². The average molecular weight is 622 g/mol. The zero-order valence-electron chi connectivity index (χ0n) is 23.1. The highest BCUT2D eigenvalue weighted by molar-refractivity contribution is 6.35. The summed E-state index contributed by atoms with van der Waals surface area (Å²) in [6.45, 7) is 4.65. The number of halogens is 3. The second-order valence-electron chi connectivity index (χ2n) is 9.41. The number of carbonyl (C=O) groups is 1. The molecule has 0 atom stereocenters. The van der Waals surface area contributed by atoms with Crippen LogP contribution in [0, 0.1) is 25.2 Å². The fourth-order valence-electron chi connectivity index (χ4n) is 3.96. The van der Waals surface area contributed by atoms with Crippen LogP contribution in [0.25, 0.3) is 6.08 Å². The number of nitriles is 1. The molecule has 0 aromatic heterocycles. The van der Waals surface area contributed by atoms with E-state index >= 15 is 0 Å². The molecule has 0 saturated heterocycles. The van der Waals surface area contributed by atoms with Crippen molar-refractivity contribution < 1.29 is 19.0 Å². The number of rotatable bonds is 10. The molecule has 0 aliphatic carbocycles. The number of hydrogen-bond donors (Lipinski definition) is 1. The number of methoxy groups -OCH3 is 1.